The second-order valence-electron chi connectivity index (χ2n) is 5.03. The van der Waals surface area contributed by atoms with E-state index in [1.807, 2.05) is 6.92 Å². The molecule has 0 saturated carbocycles. The van der Waals surface area contributed by atoms with Gasteiger partial charge < -0.3 is 9.84 Å². The molecule has 1 heterocycles. The molecule has 0 atom stereocenters. The van der Waals surface area contributed by atoms with Crippen molar-refractivity contribution in [3.8, 4) is 0 Å². The molecule has 4 nitrogen and oxygen atoms in total. The van der Waals surface area contributed by atoms with E-state index in [1.54, 1.807) is 12.1 Å². The van der Waals surface area contributed by atoms with Crippen LogP contribution in [0.4, 0.5) is 4.39 Å². The average molecular weight is 288 g/mol. The summed E-state index contributed by atoms with van der Waals surface area (Å²) in [7, 11) is 0. The summed E-state index contributed by atoms with van der Waals surface area (Å²) in [6.45, 7) is 3.54. The number of benzene rings is 1. The third kappa shape index (κ3) is 3.65. The van der Waals surface area contributed by atoms with Gasteiger partial charge in [0.05, 0.1) is 10.6 Å². The van der Waals surface area contributed by atoms with Crippen molar-refractivity contribution < 1.29 is 19.0 Å². The van der Waals surface area contributed by atoms with E-state index >= 15 is 0 Å². The van der Waals surface area contributed by atoms with Gasteiger partial charge in [-0.1, -0.05) is 17.7 Å². The van der Waals surface area contributed by atoms with Gasteiger partial charge in [0, 0.05) is 19.6 Å². The summed E-state index contributed by atoms with van der Waals surface area (Å²) in [5.41, 5.74) is 0.508. The molecule has 1 aromatic rings. The van der Waals surface area contributed by atoms with Gasteiger partial charge in [-0.15, -0.1) is 0 Å². The Kier molecular flexibility index (Phi) is 4.08. The lowest BCUT2D eigenvalue weighted by molar-refractivity contribution is -0.165. The number of nitrogens with zero attached hydrogens (tertiary/aromatic N) is 1. The van der Waals surface area contributed by atoms with Crippen molar-refractivity contribution in [2.75, 3.05) is 19.7 Å². The number of ether oxygens (including phenoxy) is 1. The predicted molar refractivity (Wildman–Crippen MR) is 68.7 cm³/mol. The minimum Gasteiger partial charge on any atom is -0.480 e. The van der Waals surface area contributed by atoms with Crippen molar-refractivity contribution in [3.05, 3.63) is 34.6 Å². The number of halogens is 2. The topological polar surface area (TPSA) is 49.8 Å². The van der Waals surface area contributed by atoms with Crippen LogP contribution in [0.5, 0.6) is 0 Å². The summed E-state index contributed by atoms with van der Waals surface area (Å²) in [5, 5.41) is 8.68. The van der Waals surface area contributed by atoms with Gasteiger partial charge in [0.2, 0.25) is 0 Å². The highest BCUT2D eigenvalue weighted by Crippen LogP contribution is 2.27. The molecule has 1 fully saturated rings. The van der Waals surface area contributed by atoms with E-state index in [0.717, 1.165) is 5.56 Å². The van der Waals surface area contributed by atoms with Gasteiger partial charge in [-0.3, -0.25) is 4.90 Å². The first-order valence-electron chi connectivity index (χ1n) is 5.90. The van der Waals surface area contributed by atoms with Crippen molar-refractivity contribution in [1.29, 1.82) is 0 Å². The molecule has 0 aromatic heterocycles. The summed E-state index contributed by atoms with van der Waals surface area (Å²) >= 11 is 5.72. The van der Waals surface area contributed by atoms with Gasteiger partial charge in [0.25, 0.3) is 0 Å². The maximum absolute atomic E-state index is 13.0. The van der Waals surface area contributed by atoms with E-state index in [2.05, 4.69) is 4.90 Å². The Morgan fingerprint density at radius 3 is 2.84 bits per heavy atom. The number of carboxylic acid groups (broad SMARTS) is 1. The van der Waals surface area contributed by atoms with Gasteiger partial charge in [-0.05, 0) is 24.6 Å². The summed E-state index contributed by atoms with van der Waals surface area (Å²) in [5.74, 6) is -1.39. The first-order valence-corrected chi connectivity index (χ1v) is 6.28. The van der Waals surface area contributed by atoms with E-state index in [9.17, 15) is 9.18 Å². The Balaban J connectivity index is 1.84. The van der Waals surface area contributed by atoms with E-state index in [0.29, 0.717) is 19.6 Å². The van der Waals surface area contributed by atoms with Gasteiger partial charge in [-0.25, -0.2) is 9.18 Å². The zero-order valence-corrected chi connectivity index (χ0v) is 11.3. The Bertz CT molecular complexity index is 489. The summed E-state index contributed by atoms with van der Waals surface area (Å²) in [4.78, 5) is 12.5. The summed E-state index contributed by atoms with van der Waals surface area (Å²) in [6, 6.07) is 4.64. The maximum Gasteiger partial charge on any atom is 0.329 e. The number of hydrogen-bond acceptors (Lipinski definition) is 3. The van der Waals surface area contributed by atoms with Gasteiger partial charge >= 0.3 is 5.97 Å². The predicted octanol–water partition coefficient (Wildman–Crippen LogP) is 2.15. The SMILES string of the molecule is CC1(OCC(=O)O)CN(Cc2ccc(F)c(Cl)c2)C1. The zero-order valence-electron chi connectivity index (χ0n) is 10.5. The molecule has 0 unspecified atom stereocenters. The fraction of sp³-hybridized carbons (Fsp3) is 0.462. The number of carbonyl (C=O) groups is 1. The molecule has 0 spiro atoms. The first-order chi connectivity index (χ1) is 8.88. The standard InChI is InChI=1S/C13H15ClFNO3/c1-13(19-6-12(17)18)7-16(8-13)5-9-2-3-11(15)10(14)4-9/h2-4H,5-8H2,1H3,(H,17,18). The van der Waals surface area contributed by atoms with Crippen LogP contribution in [-0.4, -0.2) is 41.3 Å². The van der Waals surface area contributed by atoms with E-state index in [-0.39, 0.29) is 11.6 Å². The highest BCUT2D eigenvalue weighted by atomic mass is 35.5. The van der Waals surface area contributed by atoms with E-state index in [1.165, 1.54) is 6.07 Å². The fourth-order valence-electron chi connectivity index (χ4n) is 2.23. The fourth-order valence-corrected chi connectivity index (χ4v) is 2.44. The quantitative estimate of drug-likeness (QED) is 0.901. The van der Waals surface area contributed by atoms with Crippen molar-refractivity contribution in [1.82, 2.24) is 4.90 Å². The molecule has 1 aliphatic heterocycles. The zero-order chi connectivity index (χ0) is 14.0. The second kappa shape index (κ2) is 5.45. The number of aliphatic carboxylic acids is 1. The number of carboxylic acids is 1. The minimum absolute atomic E-state index is 0.114. The van der Waals surface area contributed by atoms with Gasteiger partial charge in [0.15, 0.2) is 0 Å². The van der Waals surface area contributed by atoms with Crippen molar-refractivity contribution >= 4 is 17.6 Å². The third-order valence-corrected chi connectivity index (χ3v) is 3.34. The first kappa shape index (κ1) is 14.2. The second-order valence-corrected chi connectivity index (χ2v) is 5.43. The normalized spacial score (nSPS) is 18.1. The lowest BCUT2D eigenvalue weighted by Crippen LogP contribution is -2.61. The Labute approximate surface area is 115 Å². The number of hydrogen-bond donors (Lipinski definition) is 1. The molecular formula is C13H15ClFNO3. The van der Waals surface area contributed by atoms with Crippen LogP contribution in [0.2, 0.25) is 5.02 Å². The Morgan fingerprint density at radius 2 is 2.26 bits per heavy atom. The largest absolute Gasteiger partial charge is 0.480 e. The molecule has 1 N–H and O–H groups in total. The molecule has 1 saturated heterocycles. The molecule has 1 aliphatic rings. The third-order valence-electron chi connectivity index (χ3n) is 3.05. The molecule has 19 heavy (non-hydrogen) atoms. The average Bonchev–Trinajstić information content (AvgIpc) is 2.29. The molecule has 2 rings (SSSR count). The van der Waals surface area contributed by atoms with Crippen molar-refractivity contribution in [2.24, 2.45) is 0 Å². The summed E-state index contributed by atoms with van der Waals surface area (Å²) < 4.78 is 18.3. The van der Waals surface area contributed by atoms with Crippen LogP contribution in [0.15, 0.2) is 18.2 Å². The van der Waals surface area contributed by atoms with E-state index in [4.69, 9.17) is 21.4 Å². The van der Waals surface area contributed by atoms with Gasteiger partial charge in [-0.2, -0.15) is 0 Å². The molecule has 1 aromatic carbocycles. The molecule has 0 radical (unpaired) electrons. The highest BCUT2D eigenvalue weighted by Gasteiger charge is 2.39. The van der Waals surface area contributed by atoms with Crippen molar-refractivity contribution in [2.45, 2.75) is 19.1 Å². The number of rotatable bonds is 5. The maximum atomic E-state index is 13.0. The molecule has 0 aliphatic carbocycles. The van der Waals surface area contributed by atoms with Crippen LogP contribution in [0.1, 0.15) is 12.5 Å². The van der Waals surface area contributed by atoms with Crippen molar-refractivity contribution in [3.63, 3.8) is 0 Å². The lowest BCUT2D eigenvalue weighted by Gasteiger charge is -2.47. The van der Waals surface area contributed by atoms with Crippen LogP contribution in [0.3, 0.4) is 0 Å². The van der Waals surface area contributed by atoms with Crippen LogP contribution >= 0.6 is 11.6 Å². The number of likely N-dealkylation sites (tertiary alicyclic amines) is 1. The van der Waals surface area contributed by atoms with Crippen LogP contribution < -0.4 is 0 Å². The lowest BCUT2D eigenvalue weighted by atomic mass is 9.95. The Morgan fingerprint density at radius 1 is 1.58 bits per heavy atom. The summed E-state index contributed by atoms with van der Waals surface area (Å²) in [6.07, 6.45) is 0. The van der Waals surface area contributed by atoms with Crippen LogP contribution in [0, 0.1) is 5.82 Å². The Hall–Kier alpha value is -1.17. The minimum atomic E-state index is -0.968. The molecule has 0 amide bonds. The molecular weight excluding hydrogens is 273 g/mol. The van der Waals surface area contributed by atoms with Gasteiger partial charge in [0.1, 0.15) is 12.4 Å². The van der Waals surface area contributed by atoms with E-state index < -0.39 is 17.4 Å². The molecule has 6 heteroatoms. The molecule has 0 bridgehead atoms. The highest BCUT2D eigenvalue weighted by molar-refractivity contribution is 6.30. The smallest absolute Gasteiger partial charge is 0.329 e. The molecule has 104 valence electrons. The van der Waals surface area contributed by atoms with Crippen LogP contribution in [-0.2, 0) is 16.1 Å². The van der Waals surface area contributed by atoms with Crippen LogP contribution in [0.25, 0.3) is 0 Å². The monoisotopic (exact) mass is 287 g/mol.